The molecule has 2 heteroatoms. The summed E-state index contributed by atoms with van der Waals surface area (Å²) < 4.78 is 0. The molecule has 0 bridgehead atoms. The van der Waals surface area contributed by atoms with Crippen molar-refractivity contribution in [3.8, 4) is 0 Å². The summed E-state index contributed by atoms with van der Waals surface area (Å²) >= 11 is 0. The number of hydrogen-bond acceptors (Lipinski definition) is 1. The van der Waals surface area contributed by atoms with Crippen LogP contribution < -0.4 is 0 Å². The first-order valence-corrected chi connectivity index (χ1v) is 8.56. The average molecular weight is 277 g/mol. The fourth-order valence-corrected chi connectivity index (χ4v) is 2.74. The Hall–Kier alpha value is -0.235. The SMILES string of the molecule is CN(C)C.[B]CC(=C)C1CCCCCCCCCCC1. The minimum Gasteiger partial charge on any atom is -0.312 e. The summed E-state index contributed by atoms with van der Waals surface area (Å²) in [6, 6.07) is 0. The van der Waals surface area contributed by atoms with Gasteiger partial charge in [0.1, 0.15) is 0 Å². The van der Waals surface area contributed by atoms with Crippen LogP contribution in [0.4, 0.5) is 0 Å². The highest BCUT2D eigenvalue weighted by Crippen LogP contribution is 2.26. The van der Waals surface area contributed by atoms with Crippen LogP contribution in [-0.4, -0.2) is 33.9 Å². The fraction of sp³-hybridized carbons (Fsp3) is 0.889. The maximum atomic E-state index is 5.72. The molecule has 0 unspecified atom stereocenters. The van der Waals surface area contributed by atoms with Crippen LogP contribution in [0.3, 0.4) is 0 Å². The third kappa shape index (κ3) is 12.8. The van der Waals surface area contributed by atoms with Crippen LogP contribution in [0.15, 0.2) is 12.2 Å². The highest BCUT2D eigenvalue weighted by molar-refractivity contribution is 6.10. The van der Waals surface area contributed by atoms with Crippen LogP contribution in [0.5, 0.6) is 0 Å². The first kappa shape index (κ1) is 19.8. The normalized spacial score (nSPS) is 19.4. The smallest absolute Gasteiger partial charge is 0.0712 e. The van der Waals surface area contributed by atoms with Gasteiger partial charge in [0.2, 0.25) is 0 Å². The summed E-state index contributed by atoms with van der Waals surface area (Å²) in [7, 11) is 11.7. The van der Waals surface area contributed by atoms with Gasteiger partial charge in [0.25, 0.3) is 0 Å². The van der Waals surface area contributed by atoms with Gasteiger partial charge in [-0.2, -0.15) is 0 Å². The molecule has 0 spiro atoms. The lowest BCUT2D eigenvalue weighted by molar-refractivity contribution is 0.436. The topological polar surface area (TPSA) is 3.24 Å². The van der Waals surface area contributed by atoms with Gasteiger partial charge >= 0.3 is 0 Å². The van der Waals surface area contributed by atoms with Crippen LogP contribution in [0.1, 0.15) is 70.6 Å². The predicted octanol–water partition coefficient (Wildman–Crippen LogP) is 5.23. The second kappa shape index (κ2) is 13.7. The largest absolute Gasteiger partial charge is 0.312 e. The van der Waals surface area contributed by atoms with Crippen molar-refractivity contribution in [1.82, 2.24) is 4.90 Å². The van der Waals surface area contributed by atoms with Crippen molar-refractivity contribution in [2.45, 2.75) is 76.9 Å². The molecule has 0 amide bonds. The molecule has 1 saturated carbocycles. The Kier molecular flexibility index (Phi) is 13.6. The van der Waals surface area contributed by atoms with Crippen LogP contribution in [0.25, 0.3) is 0 Å². The number of rotatable bonds is 2. The van der Waals surface area contributed by atoms with E-state index in [9.17, 15) is 0 Å². The molecule has 20 heavy (non-hydrogen) atoms. The molecule has 0 aromatic carbocycles. The van der Waals surface area contributed by atoms with Gasteiger partial charge in [-0.1, -0.05) is 69.7 Å². The number of nitrogens with zero attached hydrogens (tertiary/aromatic N) is 1. The highest BCUT2D eigenvalue weighted by Gasteiger charge is 2.11. The van der Waals surface area contributed by atoms with Crippen molar-refractivity contribution >= 4 is 7.85 Å². The van der Waals surface area contributed by atoms with E-state index in [1.54, 1.807) is 0 Å². The Morgan fingerprint density at radius 3 is 1.45 bits per heavy atom. The molecule has 0 aromatic rings. The van der Waals surface area contributed by atoms with Gasteiger partial charge in [-0.15, -0.1) is 6.58 Å². The van der Waals surface area contributed by atoms with Crippen LogP contribution in [0, 0.1) is 5.92 Å². The summed E-state index contributed by atoms with van der Waals surface area (Å²) in [5, 5.41) is 0. The van der Waals surface area contributed by atoms with Gasteiger partial charge in [-0.05, 0) is 39.9 Å². The molecule has 116 valence electrons. The zero-order valence-corrected chi connectivity index (χ0v) is 14.3. The molecule has 1 rings (SSSR count). The summed E-state index contributed by atoms with van der Waals surface area (Å²) in [6.45, 7) is 4.14. The number of hydrogen-bond donors (Lipinski definition) is 0. The zero-order chi connectivity index (χ0) is 15.2. The summed E-state index contributed by atoms with van der Waals surface area (Å²) in [6.07, 6.45) is 16.1. The van der Waals surface area contributed by atoms with E-state index in [0.717, 1.165) is 0 Å². The van der Waals surface area contributed by atoms with E-state index in [2.05, 4.69) is 6.58 Å². The lowest BCUT2D eigenvalue weighted by atomic mass is 9.82. The van der Waals surface area contributed by atoms with E-state index < -0.39 is 0 Å². The van der Waals surface area contributed by atoms with E-state index in [1.807, 2.05) is 26.0 Å². The lowest BCUT2D eigenvalue weighted by Gasteiger charge is -2.19. The second-order valence-electron chi connectivity index (χ2n) is 6.66. The molecule has 1 nitrogen and oxygen atoms in total. The molecule has 2 radical (unpaired) electrons. The monoisotopic (exact) mass is 277 g/mol. The standard InChI is InChI=1S/C15H27B.C3H9N/c1-14(13-16)15-11-9-7-5-3-2-4-6-8-10-12-15;1-4(2)3/h15H,1-13H2;1-3H3. The predicted molar refractivity (Wildman–Crippen MR) is 93.6 cm³/mol. The van der Waals surface area contributed by atoms with Gasteiger partial charge < -0.3 is 4.90 Å². The lowest BCUT2D eigenvalue weighted by Crippen LogP contribution is -2.04. The van der Waals surface area contributed by atoms with Crippen molar-refractivity contribution < 1.29 is 0 Å². The Bertz CT molecular complexity index is 211. The van der Waals surface area contributed by atoms with Crippen molar-refractivity contribution in [2.75, 3.05) is 21.1 Å². The van der Waals surface area contributed by atoms with Gasteiger partial charge in [0, 0.05) is 0 Å². The first-order valence-electron chi connectivity index (χ1n) is 8.56. The molecule has 0 heterocycles. The summed E-state index contributed by atoms with van der Waals surface area (Å²) in [5.41, 5.74) is 1.29. The molecular formula is C18H36BN. The Morgan fingerprint density at radius 2 is 1.15 bits per heavy atom. The summed E-state index contributed by atoms with van der Waals surface area (Å²) in [5.74, 6) is 0.712. The zero-order valence-electron chi connectivity index (χ0n) is 14.3. The molecule has 0 aromatic heterocycles. The van der Waals surface area contributed by atoms with Crippen molar-refractivity contribution in [1.29, 1.82) is 0 Å². The van der Waals surface area contributed by atoms with Crippen molar-refractivity contribution in [3.63, 3.8) is 0 Å². The molecular weight excluding hydrogens is 241 g/mol. The number of allylic oxidation sites excluding steroid dienone is 1. The van der Waals surface area contributed by atoms with Gasteiger partial charge in [0.05, 0.1) is 7.85 Å². The third-order valence-corrected chi connectivity index (χ3v) is 3.94. The summed E-state index contributed by atoms with van der Waals surface area (Å²) in [4.78, 5) is 2.00. The molecule has 1 aliphatic carbocycles. The maximum absolute atomic E-state index is 5.72. The van der Waals surface area contributed by atoms with E-state index in [-0.39, 0.29) is 0 Å². The van der Waals surface area contributed by atoms with Gasteiger partial charge in [-0.3, -0.25) is 0 Å². The quantitative estimate of drug-likeness (QED) is 0.493. The van der Waals surface area contributed by atoms with E-state index in [1.165, 1.54) is 76.2 Å². The van der Waals surface area contributed by atoms with Crippen LogP contribution in [-0.2, 0) is 0 Å². The molecule has 1 fully saturated rings. The van der Waals surface area contributed by atoms with E-state index in [4.69, 9.17) is 7.85 Å². The third-order valence-electron chi connectivity index (χ3n) is 3.94. The molecule has 1 aliphatic rings. The molecule has 0 atom stereocenters. The van der Waals surface area contributed by atoms with Gasteiger partial charge in [-0.25, -0.2) is 0 Å². The Balaban J connectivity index is 0.000000796. The second-order valence-corrected chi connectivity index (χ2v) is 6.66. The average Bonchev–Trinajstić information content (AvgIpc) is 2.38. The molecule has 0 aliphatic heterocycles. The Labute approximate surface area is 129 Å². The van der Waals surface area contributed by atoms with Crippen LogP contribution >= 0.6 is 0 Å². The minimum atomic E-state index is 0.685. The molecule has 0 N–H and O–H groups in total. The van der Waals surface area contributed by atoms with E-state index >= 15 is 0 Å². The molecule has 0 saturated heterocycles. The minimum absolute atomic E-state index is 0.685. The fourth-order valence-electron chi connectivity index (χ4n) is 2.74. The first-order chi connectivity index (χ1) is 9.57. The van der Waals surface area contributed by atoms with Crippen LogP contribution in [0.2, 0.25) is 6.32 Å². The van der Waals surface area contributed by atoms with E-state index in [0.29, 0.717) is 12.2 Å². The van der Waals surface area contributed by atoms with Crippen molar-refractivity contribution in [3.05, 3.63) is 12.2 Å². The maximum Gasteiger partial charge on any atom is 0.0712 e. The Morgan fingerprint density at radius 1 is 0.850 bits per heavy atom. The van der Waals surface area contributed by atoms with Gasteiger partial charge in [0.15, 0.2) is 0 Å². The highest BCUT2D eigenvalue weighted by atomic mass is 15.0. The van der Waals surface area contributed by atoms with Crippen molar-refractivity contribution in [2.24, 2.45) is 5.92 Å².